The standard InChI is InChI=1S/C61H65O15P3/c62-77(66-42-49-27-11-2-12-28-49,67-43-50-29-13-3-14-30-50)74-58-55(65-41-48-25-9-1-10-26-48)59(75-78(63,68-44-51-31-15-4-16-32-51)69-45-52-33-17-5-18-34-52)60(57-56(58)72-61(73-57)39-23-8-24-40-61)76-79(64,70-46-53-35-19-6-20-36-53)71-47-54-37-21-7-22-38-54/h1-7,9-22,25-38,55-60H,8,23-24,39-47H2/t55-,56+,57-,58-,59+,60+/m0/s1. The molecule has 1 saturated heterocycles. The second kappa shape index (κ2) is 27.5. The number of ether oxygens (including phenoxy) is 3. The number of phosphoric ester groups is 3. The maximum Gasteiger partial charge on any atom is 0.475 e. The molecule has 1 aliphatic heterocycles. The molecular formula is C61H65O15P3. The van der Waals surface area contributed by atoms with Crippen LogP contribution in [-0.4, -0.2) is 42.4 Å². The molecular weight excluding hydrogens is 1070 g/mol. The van der Waals surface area contributed by atoms with Crippen LogP contribution in [0.5, 0.6) is 0 Å². The average molecular weight is 1130 g/mol. The molecule has 1 heterocycles. The fourth-order valence-electron chi connectivity index (χ4n) is 9.66. The number of hydrogen-bond acceptors (Lipinski definition) is 15. The van der Waals surface area contributed by atoms with Gasteiger partial charge in [-0.15, -0.1) is 0 Å². The summed E-state index contributed by atoms with van der Waals surface area (Å²) in [5.74, 6) is -1.24. The number of fused-ring (bicyclic) bond motifs is 1. The molecule has 1 spiro atoms. The molecule has 0 bridgehead atoms. The van der Waals surface area contributed by atoms with Crippen LogP contribution in [0.3, 0.4) is 0 Å². The van der Waals surface area contributed by atoms with E-state index in [-0.39, 0.29) is 46.2 Å². The second-order valence-electron chi connectivity index (χ2n) is 19.5. The van der Waals surface area contributed by atoms with E-state index in [4.69, 9.17) is 54.9 Å². The minimum atomic E-state index is -4.86. The van der Waals surface area contributed by atoms with Crippen LogP contribution in [0.15, 0.2) is 212 Å². The lowest BCUT2D eigenvalue weighted by atomic mass is 9.85. The predicted molar refractivity (Wildman–Crippen MR) is 295 cm³/mol. The van der Waals surface area contributed by atoms with Crippen LogP contribution in [0.4, 0.5) is 0 Å². The Balaban J connectivity index is 1.11. The Kier molecular flexibility index (Phi) is 19.8. The van der Waals surface area contributed by atoms with Gasteiger partial charge in [0.1, 0.15) is 36.6 Å². The maximum absolute atomic E-state index is 16.0. The van der Waals surface area contributed by atoms with Crippen molar-refractivity contribution in [3.63, 3.8) is 0 Å². The Morgan fingerprint density at radius 3 is 0.835 bits per heavy atom. The molecule has 2 aliphatic carbocycles. The summed E-state index contributed by atoms with van der Waals surface area (Å²) in [5, 5.41) is 0. The summed E-state index contributed by atoms with van der Waals surface area (Å²) in [6.07, 6.45) is -5.47. The summed E-state index contributed by atoms with van der Waals surface area (Å²) in [4.78, 5) is 0. The van der Waals surface area contributed by atoms with Crippen molar-refractivity contribution < 1.29 is 68.6 Å². The molecule has 0 radical (unpaired) electrons. The lowest BCUT2D eigenvalue weighted by Crippen LogP contribution is -2.64. The zero-order valence-corrected chi connectivity index (χ0v) is 46.3. The summed E-state index contributed by atoms with van der Waals surface area (Å²) in [5.41, 5.74) is 4.79. The fourth-order valence-corrected chi connectivity index (χ4v) is 13.7. The highest BCUT2D eigenvalue weighted by atomic mass is 31.2. The van der Waals surface area contributed by atoms with E-state index in [0.717, 1.165) is 24.8 Å². The van der Waals surface area contributed by atoms with E-state index in [1.807, 2.05) is 212 Å². The first-order chi connectivity index (χ1) is 38.6. The molecule has 0 aromatic heterocycles. The van der Waals surface area contributed by atoms with Gasteiger partial charge in [-0.2, -0.15) is 0 Å². The quantitative estimate of drug-likeness (QED) is 0.0447. The zero-order chi connectivity index (χ0) is 54.2. The molecule has 3 aliphatic rings. The van der Waals surface area contributed by atoms with E-state index >= 15 is 13.7 Å². The van der Waals surface area contributed by atoms with Gasteiger partial charge in [-0.1, -0.05) is 219 Å². The third-order valence-corrected chi connectivity index (χ3v) is 17.9. The van der Waals surface area contributed by atoms with E-state index in [1.54, 1.807) is 0 Å². The largest absolute Gasteiger partial charge is 0.475 e. The van der Waals surface area contributed by atoms with Crippen LogP contribution in [0.25, 0.3) is 0 Å². The summed E-state index contributed by atoms with van der Waals surface area (Å²) in [6, 6.07) is 64.4. The van der Waals surface area contributed by atoms with Crippen LogP contribution in [0, 0.1) is 0 Å². The van der Waals surface area contributed by atoms with Crippen molar-refractivity contribution >= 4 is 23.5 Å². The lowest BCUT2D eigenvalue weighted by Gasteiger charge is -2.47. The SMILES string of the molecule is O=P(OCc1ccccc1)(OCc1ccccc1)O[C@@H]1[C@@H](OCc2ccccc2)[C@H](OP(=O)(OCc2ccccc2)OCc2ccccc2)[C@@H]2OC3(CCCCC3)O[C@@H]2[C@H]1OP(=O)(OCc1ccccc1)OCc1ccccc1. The molecule has 2 saturated carbocycles. The van der Waals surface area contributed by atoms with Crippen molar-refractivity contribution in [2.45, 2.75) is 121 Å². The smallest absolute Gasteiger partial charge is 0.368 e. The summed E-state index contributed by atoms with van der Waals surface area (Å²) < 4.78 is 128. The molecule has 0 N–H and O–H groups in total. The van der Waals surface area contributed by atoms with Gasteiger partial charge in [0.15, 0.2) is 5.79 Å². The predicted octanol–water partition coefficient (Wildman–Crippen LogP) is 14.8. The number of rotatable bonds is 27. The van der Waals surface area contributed by atoms with Crippen molar-refractivity contribution in [3.05, 3.63) is 251 Å². The summed E-state index contributed by atoms with van der Waals surface area (Å²) >= 11 is 0. The molecule has 414 valence electrons. The normalized spacial score (nSPS) is 21.2. The van der Waals surface area contributed by atoms with Gasteiger partial charge in [0.2, 0.25) is 0 Å². The van der Waals surface area contributed by atoms with Crippen LogP contribution in [0.1, 0.15) is 71.0 Å². The van der Waals surface area contributed by atoms with Crippen molar-refractivity contribution in [1.82, 2.24) is 0 Å². The molecule has 79 heavy (non-hydrogen) atoms. The van der Waals surface area contributed by atoms with Crippen LogP contribution in [-0.2, 0) is 115 Å². The van der Waals surface area contributed by atoms with Crippen molar-refractivity contribution in [2.75, 3.05) is 0 Å². The molecule has 3 fully saturated rings. The Labute approximate surface area is 462 Å². The Hall–Kier alpha value is -5.25. The first-order valence-corrected chi connectivity index (χ1v) is 31.0. The van der Waals surface area contributed by atoms with Crippen molar-refractivity contribution in [1.29, 1.82) is 0 Å². The number of hydrogen-bond donors (Lipinski definition) is 0. The molecule has 10 rings (SSSR count). The minimum Gasteiger partial charge on any atom is -0.368 e. The molecule has 7 aromatic carbocycles. The molecule has 7 aromatic rings. The van der Waals surface area contributed by atoms with Crippen LogP contribution >= 0.6 is 23.5 Å². The van der Waals surface area contributed by atoms with E-state index in [1.165, 1.54) is 0 Å². The highest BCUT2D eigenvalue weighted by Gasteiger charge is 2.66. The Bertz CT molecular complexity index is 2930. The first-order valence-electron chi connectivity index (χ1n) is 26.6. The van der Waals surface area contributed by atoms with Gasteiger partial charge in [-0.25, -0.2) is 13.7 Å². The van der Waals surface area contributed by atoms with E-state index in [0.29, 0.717) is 46.2 Å². The molecule has 18 heteroatoms. The van der Waals surface area contributed by atoms with Crippen molar-refractivity contribution in [3.8, 4) is 0 Å². The molecule has 6 atom stereocenters. The van der Waals surface area contributed by atoms with Gasteiger partial charge >= 0.3 is 23.5 Å². The van der Waals surface area contributed by atoms with Gasteiger partial charge in [0.25, 0.3) is 0 Å². The lowest BCUT2D eigenvalue weighted by molar-refractivity contribution is -0.206. The van der Waals surface area contributed by atoms with Crippen LogP contribution in [0.2, 0.25) is 0 Å². The van der Waals surface area contributed by atoms with E-state index in [2.05, 4.69) is 0 Å². The topological polar surface area (TPSA) is 162 Å². The Morgan fingerprint density at radius 2 is 0.557 bits per heavy atom. The minimum absolute atomic E-state index is 0.103. The Morgan fingerprint density at radius 1 is 0.316 bits per heavy atom. The van der Waals surface area contributed by atoms with Gasteiger partial charge in [-0.05, 0) is 51.8 Å². The van der Waals surface area contributed by atoms with E-state index in [9.17, 15) is 0 Å². The molecule has 15 nitrogen and oxygen atoms in total. The average Bonchev–Trinajstić information content (AvgIpc) is 4.13. The highest BCUT2D eigenvalue weighted by molar-refractivity contribution is 7.49. The van der Waals surface area contributed by atoms with Crippen molar-refractivity contribution in [2.24, 2.45) is 0 Å². The number of benzene rings is 7. The summed E-state index contributed by atoms with van der Waals surface area (Å²) in [6.45, 7) is -1.28. The van der Waals surface area contributed by atoms with Crippen LogP contribution < -0.4 is 0 Å². The van der Waals surface area contributed by atoms with Gasteiger partial charge in [0, 0.05) is 12.8 Å². The number of phosphoric acid groups is 3. The monoisotopic (exact) mass is 1130 g/mol. The molecule has 0 unspecified atom stereocenters. The fraction of sp³-hybridized carbons (Fsp3) is 0.311. The second-order valence-corrected chi connectivity index (χ2v) is 24.4. The van der Waals surface area contributed by atoms with Gasteiger partial charge in [-0.3, -0.25) is 40.7 Å². The maximum atomic E-state index is 16.0. The van der Waals surface area contributed by atoms with Gasteiger partial charge in [0.05, 0.1) is 46.2 Å². The van der Waals surface area contributed by atoms with Gasteiger partial charge < -0.3 is 14.2 Å². The van der Waals surface area contributed by atoms with E-state index < -0.39 is 65.9 Å². The third kappa shape index (κ3) is 16.0. The zero-order valence-electron chi connectivity index (χ0n) is 43.6. The highest BCUT2D eigenvalue weighted by Crippen LogP contribution is 2.62. The third-order valence-electron chi connectivity index (χ3n) is 13.7. The summed E-state index contributed by atoms with van der Waals surface area (Å²) in [7, 11) is -14.4. The molecule has 0 amide bonds. The first kappa shape index (κ1) is 57.0.